The van der Waals surface area contributed by atoms with Gasteiger partial charge in [0.25, 0.3) is 0 Å². The third-order valence-corrected chi connectivity index (χ3v) is 3.24. The van der Waals surface area contributed by atoms with Gasteiger partial charge in [0.2, 0.25) is 0 Å². The van der Waals surface area contributed by atoms with E-state index in [-0.39, 0.29) is 5.82 Å². The van der Waals surface area contributed by atoms with Crippen LogP contribution in [0.15, 0.2) is 24.3 Å². The zero-order chi connectivity index (χ0) is 14.8. The van der Waals surface area contributed by atoms with Gasteiger partial charge in [-0.15, -0.1) is 0 Å². The smallest absolute Gasteiger partial charge is 0.123 e. The second kappa shape index (κ2) is 9.89. The molecular formula is C17H28FNO. The molecule has 1 N–H and O–H groups in total. The van der Waals surface area contributed by atoms with Gasteiger partial charge < -0.3 is 10.1 Å². The molecule has 114 valence electrons. The first-order chi connectivity index (χ1) is 9.61. The summed E-state index contributed by atoms with van der Waals surface area (Å²) in [5, 5.41) is 3.40. The van der Waals surface area contributed by atoms with Gasteiger partial charge in [0.05, 0.1) is 0 Å². The van der Waals surface area contributed by atoms with E-state index in [1.807, 2.05) is 12.1 Å². The molecule has 1 unspecified atom stereocenters. The van der Waals surface area contributed by atoms with Crippen LogP contribution in [0.2, 0.25) is 0 Å². The molecule has 0 bridgehead atoms. The summed E-state index contributed by atoms with van der Waals surface area (Å²) in [4.78, 5) is 0. The van der Waals surface area contributed by atoms with Crippen LogP contribution in [-0.2, 0) is 11.2 Å². The lowest BCUT2D eigenvalue weighted by Crippen LogP contribution is -2.25. The summed E-state index contributed by atoms with van der Waals surface area (Å²) in [6, 6.07) is 6.83. The molecule has 0 fully saturated rings. The summed E-state index contributed by atoms with van der Waals surface area (Å²) in [7, 11) is 0. The van der Waals surface area contributed by atoms with Crippen LogP contribution < -0.4 is 5.32 Å². The van der Waals surface area contributed by atoms with E-state index in [0.717, 1.165) is 39.1 Å². The lowest BCUT2D eigenvalue weighted by Gasteiger charge is -2.18. The topological polar surface area (TPSA) is 21.3 Å². The minimum atomic E-state index is -0.169. The van der Waals surface area contributed by atoms with Gasteiger partial charge in [0.1, 0.15) is 5.82 Å². The highest BCUT2D eigenvalue weighted by Gasteiger charge is 2.10. The number of ether oxygens (including phenoxy) is 1. The molecule has 0 spiro atoms. The Kier molecular flexibility index (Phi) is 8.47. The van der Waals surface area contributed by atoms with Crippen molar-refractivity contribution in [3.8, 4) is 0 Å². The van der Waals surface area contributed by atoms with Crippen molar-refractivity contribution in [2.75, 3.05) is 26.3 Å². The van der Waals surface area contributed by atoms with Crippen LogP contribution in [0, 0.1) is 17.7 Å². The van der Waals surface area contributed by atoms with Crippen molar-refractivity contribution in [2.45, 2.75) is 33.6 Å². The zero-order valence-corrected chi connectivity index (χ0v) is 13.0. The van der Waals surface area contributed by atoms with Crippen LogP contribution in [0.1, 0.15) is 32.8 Å². The monoisotopic (exact) mass is 281 g/mol. The minimum Gasteiger partial charge on any atom is -0.381 e. The third kappa shape index (κ3) is 7.61. The predicted octanol–water partition coefficient (Wildman–Crippen LogP) is 3.66. The van der Waals surface area contributed by atoms with Gasteiger partial charge in [-0.3, -0.25) is 0 Å². The zero-order valence-electron chi connectivity index (χ0n) is 13.0. The number of nitrogens with one attached hydrogen (secondary N) is 1. The van der Waals surface area contributed by atoms with Gasteiger partial charge in [-0.2, -0.15) is 0 Å². The second-order valence-corrected chi connectivity index (χ2v) is 5.76. The number of halogens is 1. The van der Waals surface area contributed by atoms with Crippen LogP contribution in [0.25, 0.3) is 0 Å². The maximum Gasteiger partial charge on any atom is 0.123 e. The summed E-state index contributed by atoms with van der Waals surface area (Å²) >= 11 is 0. The van der Waals surface area contributed by atoms with Crippen LogP contribution in [0.5, 0.6) is 0 Å². The van der Waals surface area contributed by atoms with E-state index in [1.54, 1.807) is 0 Å². The fourth-order valence-corrected chi connectivity index (χ4v) is 2.15. The fraction of sp³-hybridized carbons (Fsp3) is 0.647. The molecule has 0 amide bonds. The maximum absolute atomic E-state index is 12.9. The van der Waals surface area contributed by atoms with Gasteiger partial charge in [-0.1, -0.05) is 32.9 Å². The summed E-state index contributed by atoms with van der Waals surface area (Å²) in [6.45, 7) is 10.0. The third-order valence-electron chi connectivity index (χ3n) is 3.24. The average molecular weight is 281 g/mol. The van der Waals surface area contributed by atoms with E-state index in [0.29, 0.717) is 11.8 Å². The van der Waals surface area contributed by atoms with Crippen molar-refractivity contribution in [3.05, 3.63) is 35.6 Å². The van der Waals surface area contributed by atoms with Gasteiger partial charge in [-0.25, -0.2) is 4.39 Å². The first-order valence-electron chi connectivity index (χ1n) is 7.64. The fourth-order valence-electron chi connectivity index (χ4n) is 2.15. The molecule has 3 heteroatoms. The molecule has 20 heavy (non-hydrogen) atoms. The predicted molar refractivity (Wildman–Crippen MR) is 82.4 cm³/mol. The number of hydrogen-bond donors (Lipinski definition) is 1. The quantitative estimate of drug-likeness (QED) is 0.661. The molecule has 1 rings (SSSR count). The molecule has 0 radical (unpaired) electrons. The Bertz CT molecular complexity index is 351. The van der Waals surface area contributed by atoms with E-state index in [9.17, 15) is 4.39 Å². The summed E-state index contributed by atoms with van der Waals surface area (Å²) < 4.78 is 18.6. The second-order valence-electron chi connectivity index (χ2n) is 5.76. The van der Waals surface area contributed by atoms with Crippen molar-refractivity contribution in [3.63, 3.8) is 0 Å². The normalized spacial score (nSPS) is 12.8. The minimum absolute atomic E-state index is 0.169. The van der Waals surface area contributed by atoms with Crippen LogP contribution >= 0.6 is 0 Å². The molecule has 2 nitrogen and oxygen atoms in total. The molecule has 1 aromatic rings. The molecule has 1 atom stereocenters. The molecule has 0 aliphatic heterocycles. The molecule has 0 saturated carbocycles. The largest absolute Gasteiger partial charge is 0.381 e. The Morgan fingerprint density at radius 2 is 1.90 bits per heavy atom. The average Bonchev–Trinajstić information content (AvgIpc) is 2.42. The molecule has 0 heterocycles. The van der Waals surface area contributed by atoms with Gasteiger partial charge in [-0.05, 0) is 55.5 Å². The first-order valence-corrected chi connectivity index (χ1v) is 7.64. The molecule has 0 aromatic heterocycles. The van der Waals surface area contributed by atoms with Crippen molar-refractivity contribution in [1.82, 2.24) is 5.32 Å². The summed E-state index contributed by atoms with van der Waals surface area (Å²) in [5.74, 6) is 0.948. The summed E-state index contributed by atoms with van der Waals surface area (Å²) in [6.07, 6.45) is 2.01. The maximum atomic E-state index is 12.9. The molecule has 1 aromatic carbocycles. The Labute approximate surface area is 122 Å². The van der Waals surface area contributed by atoms with E-state index in [4.69, 9.17) is 4.74 Å². The molecule has 0 aliphatic rings. The molecule has 0 saturated heterocycles. The van der Waals surface area contributed by atoms with E-state index in [2.05, 4.69) is 26.1 Å². The first kappa shape index (κ1) is 17.1. The lowest BCUT2D eigenvalue weighted by atomic mass is 9.96. The highest BCUT2D eigenvalue weighted by atomic mass is 19.1. The van der Waals surface area contributed by atoms with Crippen LogP contribution in [0.3, 0.4) is 0 Å². The lowest BCUT2D eigenvalue weighted by molar-refractivity contribution is 0.0976. The Morgan fingerprint density at radius 3 is 2.50 bits per heavy atom. The highest BCUT2D eigenvalue weighted by molar-refractivity contribution is 5.16. The Hall–Kier alpha value is -0.930. The standard InChI is InChI=1S/C17H28FNO/c1-4-19-12-16(9-10-20-13-14(2)3)11-15-5-7-17(18)8-6-15/h5-8,14,16,19H,4,9-13H2,1-3H3. The van der Waals surface area contributed by atoms with E-state index >= 15 is 0 Å². The number of benzene rings is 1. The molecular weight excluding hydrogens is 253 g/mol. The van der Waals surface area contributed by atoms with Gasteiger partial charge in [0, 0.05) is 13.2 Å². The van der Waals surface area contributed by atoms with Gasteiger partial charge >= 0.3 is 0 Å². The number of hydrogen-bond acceptors (Lipinski definition) is 2. The van der Waals surface area contributed by atoms with Crippen LogP contribution in [-0.4, -0.2) is 26.3 Å². The van der Waals surface area contributed by atoms with Crippen molar-refractivity contribution < 1.29 is 9.13 Å². The molecule has 0 aliphatic carbocycles. The van der Waals surface area contributed by atoms with E-state index < -0.39 is 0 Å². The van der Waals surface area contributed by atoms with Crippen molar-refractivity contribution in [2.24, 2.45) is 11.8 Å². The Balaban J connectivity index is 2.40. The van der Waals surface area contributed by atoms with Crippen molar-refractivity contribution >= 4 is 0 Å². The van der Waals surface area contributed by atoms with E-state index in [1.165, 1.54) is 17.7 Å². The SMILES string of the molecule is CCNCC(CCOCC(C)C)Cc1ccc(F)cc1. The van der Waals surface area contributed by atoms with Gasteiger partial charge in [0.15, 0.2) is 0 Å². The van der Waals surface area contributed by atoms with Crippen LogP contribution in [0.4, 0.5) is 4.39 Å². The Morgan fingerprint density at radius 1 is 1.20 bits per heavy atom. The summed E-state index contributed by atoms with van der Waals surface area (Å²) in [5.41, 5.74) is 1.19. The van der Waals surface area contributed by atoms with Crippen molar-refractivity contribution in [1.29, 1.82) is 0 Å². The number of rotatable bonds is 10. The highest BCUT2D eigenvalue weighted by Crippen LogP contribution is 2.13.